The van der Waals surface area contributed by atoms with Crippen molar-refractivity contribution in [1.29, 1.82) is 0 Å². The van der Waals surface area contributed by atoms with Gasteiger partial charge in [-0.15, -0.1) is 11.3 Å². The van der Waals surface area contributed by atoms with E-state index in [-0.39, 0.29) is 23.9 Å². The van der Waals surface area contributed by atoms with E-state index in [4.69, 9.17) is 21.7 Å². The standard InChI is InChI=1S/C23H25BrN4O4S2/c1-5-31-21(29)17-14(4)18(22(30)32-6-2)34-20(17)26-23(33)25-19-16(24)12-28(27-19)11-15-9-7-13(3)8-10-15/h7-10,12H,5-6,11H2,1-4H3,(H2,25,26,27,33). The largest absolute Gasteiger partial charge is 0.462 e. The number of hydrogen-bond acceptors (Lipinski definition) is 7. The molecule has 3 rings (SSSR count). The molecule has 0 unspecified atom stereocenters. The molecule has 11 heteroatoms. The van der Waals surface area contributed by atoms with Crippen molar-refractivity contribution in [3.8, 4) is 0 Å². The van der Waals surface area contributed by atoms with Gasteiger partial charge in [-0.1, -0.05) is 29.8 Å². The molecular formula is C23H25BrN4O4S2. The second kappa shape index (κ2) is 11.6. The monoisotopic (exact) mass is 564 g/mol. The van der Waals surface area contributed by atoms with E-state index in [1.165, 1.54) is 5.56 Å². The van der Waals surface area contributed by atoms with E-state index < -0.39 is 11.9 Å². The summed E-state index contributed by atoms with van der Waals surface area (Å²) in [6.07, 6.45) is 1.85. The van der Waals surface area contributed by atoms with E-state index in [1.54, 1.807) is 25.5 Å². The van der Waals surface area contributed by atoms with Crippen molar-refractivity contribution < 1.29 is 19.1 Å². The molecule has 0 aliphatic carbocycles. The van der Waals surface area contributed by atoms with Crippen LogP contribution in [0.25, 0.3) is 0 Å². The van der Waals surface area contributed by atoms with E-state index in [2.05, 4.69) is 55.9 Å². The van der Waals surface area contributed by atoms with Gasteiger partial charge in [0.2, 0.25) is 0 Å². The smallest absolute Gasteiger partial charge is 0.348 e. The Balaban J connectivity index is 1.78. The molecule has 34 heavy (non-hydrogen) atoms. The summed E-state index contributed by atoms with van der Waals surface area (Å²) in [6, 6.07) is 8.23. The molecule has 1 aromatic carbocycles. The molecule has 0 spiro atoms. The minimum absolute atomic E-state index is 0.205. The molecule has 0 fully saturated rings. The highest BCUT2D eigenvalue weighted by atomic mass is 79.9. The van der Waals surface area contributed by atoms with Gasteiger partial charge in [0, 0.05) is 6.20 Å². The summed E-state index contributed by atoms with van der Waals surface area (Å²) in [5, 5.41) is 11.2. The van der Waals surface area contributed by atoms with Gasteiger partial charge in [-0.2, -0.15) is 5.10 Å². The number of benzene rings is 1. The lowest BCUT2D eigenvalue weighted by Gasteiger charge is -2.10. The highest BCUT2D eigenvalue weighted by Gasteiger charge is 2.27. The van der Waals surface area contributed by atoms with E-state index in [1.807, 2.05) is 13.1 Å². The fourth-order valence-electron chi connectivity index (χ4n) is 3.13. The Morgan fingerprint density at radius 1 is 1.09 bits per heavy atom. The first-order valence-electron chi connectivity index (χ1n) is 10.6. The molecule has 8 nitrogen and oxygen atoms in total. The summed E-state index contributed by atoms with van der Waals surface area (Å²) in [5.74, 6) is -0.526. The Labute approximate surface area is 215 Å². The summed E-state index contributed by atoms with van der Waals surface area (Å²) in [4.78, 5) is 25.2. The Bertz CT molecular complexity index is 1200. The number of hydrogen-bond donors (Lipinski definition) is 2. The summed E-state index contributed by atoms with van der Waals surface area (Å²) in [7, 11) is 0. The molecule has 0 radical (unpaired) electrons. The summed E-state index contributed by atoms with van der Waals surface area (Å²) in [5.41, 5.74) is 3.05. The first kappa shape index (κ1) is 25.9. The number of thiocarbonyl (C=S) groups is 1. The number of nitrogens with one attached hydrogen (secondary N) is 2. The molecule has 0 amide bonds. The zero-order valence-electron chi connectivity index (χ0n) is 19.2. The van der Waals surface area contributed by atoms with Crippen molar-refractivity contribution in [1.82, 2.24) is 9.78 Å². The van der Waals surface area contributed by atoms with Crippen molar-refractivity contribution >= 4 is 67.4 Å². The number of carbonyl (C=O) groups is 2. The number of rotatable bonds is 8. The van der Waals surface area contributed by atoms with Gasteiger partial charge >= 0.3 is 11.9 Å². The maximum absolute atomic E-state index is 12.6. The van der Waals surface area contributed by atoms with Crippen molar-refractivity contribution in [2.24, 2.45) is 0 Å². The lowest BCUT2D eigenvalue weighted by atomic mass is 10.1. The predicted molar refractivity (Wildman–Crippen MR) is 141 cm³/mol. The molecule has 2 N–H and O–H groups in total. The average Bonchev–Trinajstić information content (AvgIpc) is 3.28. The van der Waals surface area contributed by atoms with E-state index in [0.29, 0.717) is 27.8 Å². The van der Waals surface area contributed by atoms with Crippen LogP contribution in [0.4, 0.5) is 10.8 Å². The zero-order valence-corrected chi connectivity index (χ0v) is 22.4. The number of aryl methyl sites for hydroxylation is 1. The van der Waals surface area contributed by atoms with Crippen molar-refractivity contribution in [3.05, 3.63) is 62.1 Å². The number of aromatic nitrogens is 2. The van der Waals surface area contributed by atoms with Gasteiger partial charge < -0.3 is 20.1 Å². The number of thiophene rings is 1. The third-order valence-electron chi connectivity index (χ3n) is 4.73. The fraction of sp³-hybridized carbons (Fsp3) is 0.304. The second-order valence-corrected chi connectivity index (χ2v) is 9.57. The van der Waals surface area contributed by atoms with Crippen LogP contribution in [-0.2, 0) is 16.0 Å². The van der Waals surface area contributed by atoms with Crippen LogP contribution in [0.5, 0.6) is 0 Å². The minimum atomic E-state index is -0.541. The van der Waals surface area contributed by atoms with E-state index in [9.17, 15) is 9.59 Å². The molecule has 0 aliphatic heterocycles. The Morgan fingerprint density at radius 3 is 2.38 bits per heavy atom. The second-order valence-electron chi connectivity index (χ2n) is 7.29. The Morgan fingerprint density at radius 2 is 1.74 bits per heavy atom. The molecule has 0 saturated heterocycles. The van der Waals surface area contributed by atoms with Crippen molar-refractivity contribution in [2.45, 2.75) is 34.2 Å². The van der Waals surface area contributed by atoms with Crippen LogP contribution in [-0.4, -0.2) is 40.0 Å². The summed E-state index contributed by atoms with van der Waals surface area (Å²) < 4.78 is 12.8. The lowest BCUT2D eigenvalue weighted by Crippen LogP contribution is -2.21. The highest BCUT2D eigenvalue weighted by molar-refractivity contribution is 9.10. The number of halogens is 1. The molecule has 0 bridgehead atoms. The Kier molecular flexibility index (Phi) is 8.81. The van der Waals surface area contributed by atoms with Crippen LogP contribution in [0.15, 0.2) is 34.9 Å². The van der Waals surface area contributed by atoms with Gasteiger partial charge in [0.25, 0.3) is 0 Å². The molecule has 2 heterocycles. The summed E-state index contributed by atoms with van der Waals surface area (Å²) in [6.45, 7) is 8.20. The molecule has 0 saturated carbocycles. The maximum atomic E-state index is 12.6. The van der Waals surface area contributed by atoms with Gasteiger partial charge in [0.05, 0.1) is 29.8 Å². The van der Waals surface area contributed by atoms with Crippen LogP contribution in [0.3, 0.4) is 0 Å². The highest BCUT2D eigenvalue weighted by Crippen LogP contribution is 2.34. The van der Waals surface area contributed by atoms with Gasteiger partial charge in [-0.05, 0) is 67.0 Å². The number of esters is 2. The molecule has 0 atom stereocenters. The van der Waals surface area contributed by atoms with Crippen LogP contribution in [0, 0.1) is 13.8 Å². The molecule has 180 valence electrons. The number of anilines is 2. The predicted octanol–water partition coefficient (Wildman–Crippen LogP) is 5.53. The zero-order chi connectivity index (χ0) is 24.8. The van der Waals surface area contributed by atoms with Crippen molar-refractivity contribution in [3.63, 3.8) is 0 Å². The quantitative estimate of drug-likeness (QED) is 0.272. The topological polar surface area (TPSA) is 94.5 Å². The number of nitrogens with zero attached hydrogens (tertiary/aromatic N) is 2. The van der Waals surface area contributed by atoms with Gasteiger partial charge in [0.1, 0.15) is 9.88 Å². The van der Waals surface area contributed by atoms with Gasteiger partial charge in [-0.25, -0.2) is 9.59 Å². The molecule has 2 aromatic heterocycles. The third kappa shape index (κ3) is 6.22. The normalized spacial score (nSPS) is 10.6. The number of ether oxygens (including phenoxy) is 2. The lowest BCUT2D eigenvalue weighted by molar-refractivity contribution is 0.0527. The first-order valence-corrected chi connectivity index (χ1v) is 12.6. The van der Waals surface area contributed by atoms with Crippen LogP contribution in [0.1, 0.15) is 50.6 Å². The van der Waals surface area contributed by atoms with Crippen molar-refractivity contribution in [2.75, 3.05) is 23.8 Å². The summed E-state index contributed by atoms with van der Waals surface area (Å²) >= 11 is 10.0. The molecule has 3 aromatic rings. The molecule has 0 aliphatic rings. The van der Waals surface area contributed by atoms with Crippen LogP contribution >= 0.6 is 39.5 Å². The molecular weight excluding hydrogens is 540 g/mol. The van der Waals surface area contributed by atoms with Gasteiger partial charge in [-0.3, -0.25) is 4.68 Å². The van der Waals surface area contributed by atoms with Crippen LogP contribution < -0.4 is 10.6 Å². The average molecular weight is 566 g/mol. The van der Waals surface area contributed by atoms with Crippen LogP contribution in [0.2, 0.25) is 0 Å². The minimum Gasteiger partial charge on any atom is -0.462 e. The van der Waals surface area contributed by atoms with E-state index in [0.717, 1.165) is 21.4 Å². The fourth-order valence-corrected chi connectivity index (χ4v) is 4.90. The maximum Gasteiger partial charge on any atom is 0.348 e. The van der Waals surface area contributed by atoms with E-state index >= 15 is 0 Å². The van der Waals surface area contributed by atoms with Gasteiger partial charge in [0.15, 0.2) is 10.9 Å². The first-order chi connectivity index (χ1) is 16.2. The Hall–Kier alpha value is -2.76. The third-order valence-corrected chi connectivity index (χ3v) is 6.70. The SMILES string of the molecule is CCOC(=O)c1sc(NC(=S)Nc2nn(Cc3ccc(C)cc3)cc2Br)c(C(=O)OCC)c1C. The number of carbonyl (C=O) groups excluding carboxylic acids is 2.